The fourth-order valence-electron chi connectivity index (χ4n) is 2.81. The number of piperidine rings is 1. The predicted molar refractivity (Wildman–Crippen MR) is 94.6 cm³/mol. The Labute approximate surface area is 156 Å². The van der Waals surface area contributed by atoms with Gasteiger partial charge in [0.1, 0.15) is 11.6 Å². The van der Waals surface area contributed by atoms with E-state index in [1.165, 1.54) is 12.1 Å². The summed E-state index contributed by atoms with van der Waals surface area (Å²) in [6.07, 6.45) is 4.19. The minimum absolute atomic E-state index is 0. The highest BCUT2D eigenvalue weighted by atomic mass is 35.5. The standard InChI is InChI=1S/C17H18FN5O2.ClH/c18-12-3-5-14(6-4-12)24-11-16-20-17(25-22-16)15-7-9-23(21-15)13-2-1-8-19-10-13;/h3-7,9,13,19H,1-2,8,10-11H2;1H. The Morgan fingerprint density at radius 2 is 2.12 bits per heavy atom. The topological polar surface area (TPSA) is 78.0 Å². The van der Waals surface area contributed by atoms with Gasteiger partial charge in [0.05, 0.1) is 6.04 Å². The molecule has 1 saturated heterocycles. The van der Waals surface area contributed by atoms with Crippen molar-refractivity contribution in [2.75, 3.05) is 13.1 Å². The van der Waals surface area contributed by atoms with Crippen LogP contribution in [0.15, 0.2) is 41.1 Å². The largest absolute Gasteiger partial charge is 0.485 e. The number of benzene rings is 1. The van der Waals surface area contributed by atoms with Crippen LogP contribution < -0.4 is 10.1 Å². The molecule has 0 amide bonds. The molecule has 3 aromatic rings. The molecule has 1 fully saturated rings. The molecular formula is C17H19ClFN5O2. The van der Waals surface area contributed by atoms with Crippen molar-refractivity contribution >= 4 is 12.4 Å². The second-order valence-corrected chi connectivity index (χ2v) is 5.94. The van der Waals surface area contributed by atoms with Crippen molar-refractivity contribution < 1.29 is 13.7 Å². The molecule has 26 heavy (non-hydrogen) atoms. The van der Waals surface area contributed by atoms with Gasteiger partial charge in [-0.25, -0.2) is 4.39 Å². The van der Waals surface area contributed by atoms with E-state index in [9.17, 15) is 4.39 Å². The van der Waals surface area contributed by atoms with Crippen LogP contribution >= 0.6 is 12.4 Å². The third-order valence-corrected chi connectivity index (χ3v) is 4.12. The fraction of sp³-hybridized carbons (Fsp3) is 0.353. The number of aromatic nitrogens is 4. The van der Waals surface area contributed by atoms with Crippen LogP contribution in [-0.4, -0.2) is 33.0 Å². The molecule has 1 aliphatic heterocycles. The lowest BCUT2D eigenvalue weighted by Gasteiger charge is -2.22. The molecule has 1 aliphatic rings. The zero-order valence-electron chi connectivity index (χ0n) is 14.0. The molecule has 9 heteroatoms. The number of nitrogens with zero attached hydrogens (tertiary/aromatic N) is 4. The van der Waals surface area contributed by atoms with Crippen LogP contribution in [0.25, 0.3) is 11.6 Å². The Morgan fingerprint density at radius 1 is 1.27 bits per heavy atom. The Balaban J connectivity index is 0.00000196. The van der Waals surface area contributed by atoms with Crippen molar-refractivity contribution in [3.63, 3.8) is 0 Å². The third-order valence-electron chi connectivity index (χ3n) is 4.12. The third kappa shape index (κ3) is 4.20. The lowest BCUT2D eigenvalue weighted by atomic mass is 10.1. The van der Waals surface area contributed by atoms with Gasteiger partial charge in [-0.15, -0.1) is 12.4 Å². The molecule has 1 aromatic carbocycles. The average molecular weight is 380 g/mol. The zero-order valence-corrected chi connectivity index (χ0v) is 14.8. The summed E-state index contributed by atoms with van der Waals surface area (Å²) in [7, 11) is 0. The van der Waals surface area contributed by atoms with Gasteiger partial charge in [-0.2, -0.15) is 10.1 Å². The number of nitrogens with one attached hydrogen (secondary N) is 1. The van der Waals surface area contributed by atoms with Crippen molar-refractivity contribution in [1.82, 2.24) is 25.2 Å². The maximum Gasteiger partial charge on any atom is 0.278 e. The van der Waals surface area contributed by atoms with E-state index in [1.54, 1.807) is 12.1 Å². The summed E-state index contributed by atoms with van der Waals surface area (Å²) in [4.78, 5) is 4.30. The molecule has 3 heterocycles. The Hall–Kier alpha value is -2.45. The van der Waals surface area contributed by atoms with E-state index < -0.39 is 0 Å². The van der Waals surface area contributed by atoms with Gasteiger partial charge in [0.25, 0.3) is 5.89 Å². The van der Waals surface area contributed by atoms with E-state index in [1.807, 2.05) is 16.9 Å². The van der Waals surface area contributed by atoms with E-state index in [4.69, 9.17) is 9.26 Å². The predicted octanol–water partition coefficient (Wildman–Crippen LogP) is 3.00. The van der Waals surface area contributed by atoms with E-state index in [2.05, 4.69) is 20.6 Å². The van der Waals surface area contributed by atoms with Crippen LogP contribution in [0.3, 0.4) is 0 Å². The summed E-state index contributed by atoms with van der Waals surface area (Å²) >= 11 is 0. The first-order valence-electron chi connectivity index (χ1n) is 8.25. The van der Waals surface area contributed by atoms with Crippen LogP contribution in [0.4, 0.5) is 4.39 Å². The van der Waals surface area contributed by atoms with Crippen molar-refractivity contribution in [1.29, 1.82) is 0 Å². The quantitative estimate of drug-likeness (QED) is 0.734. The number of hydrogen-bond acceptors (Lipinski definition) is 6. The number of halogens is 2. The SMILES string of the molecule is Cl.Fc1ccc(OCc2noc(-c3ccn(C4CCCNC4)n3)n2)cc1. The average Bonchev–Trinajstić information content (AvgIpc) is 3.31. The minimum Gasteiger partial charge on any atom is -0.485 e. The zero-order chi connectivity index (χ0) is 17.1. The van der Waals surface area contributed by atoms with Gasteiger partial charge < -0.3 is 14.6 Å². The summed E-state index contributed by atoms with van der Waals surface area (Å²) in [6, 6.07) is 8.00. The summed E-state index contributed by atoms with van der Waals surface area (Å²) < 4.78 is 25.6. The van der Waals surface area contributed by atoms with Gasteiger partial charge in [-0.05, 0) is 49.7 Å². The second-order valence-electron chi connectivity index (χ2n) is 5.94. The number of hydrogen-bond donors (Lipinski definition) is 1. The highest BCUT2D eigenvalue weighted by Crippen LogP contribution is 2.20. The number of ether oxygens (including phenoxy) is 1. The molecule has 0 aliphatic carbocycles. The second kappa shape index (κ2) is 8.29. The Bertz CT molecular complexity index is 830. The highest BCUT2D eigenvalue weighted by molar-refractivity contribution is 5.85. The van der Waals surface area contributed by atoms with E-state index in [-0.39, 0.29) is 24.8 Å². The summed E-state index contributed by atoms with van der Waals surface area (Å²) in [5.41, 5.74) is 0.645. The van der Waals surface area contributed by atoms with Crippen LogP contribution in [-0.2, 0) is 6.61 Å². The molecular weight excluding hydrogens is 361 g/mol. The van der Waals surface area contributed by atoms with Gasteiger partial charge in [0.15, 0.2) is 12.3 Å². The van der Waals surface area contributed by atoms with Crippen molar-refractivity contribution in [2.24, 2.45) is 0 Å². The first kappa shape index (κ1) is 18.3. The first-order chi connectivity index (χ1) is 12.3. The lowest BCUT2D eigenvalue weighted by Crippen LogP contribution is -2.31. The van der Waals surface area contributed by atoms with Crippen molar-refractivity contribution in [3.8, 4) is 17.3 Å². The van der Waals surface area contributed by atoms with Crippen LogP contribution in [0.5, 0.6) is 5.75 Å². The van der Waals surface area contributed by atoms with E-state index in [0.29, 0.717) is 29.2 Å². The monoisotopic (exact) mass is 379 g/mol. The molecule has 0 saturated carbocycles. The maximum atomic E-state index is 12.9. The molecule has 4 rings (SSSR count). The molecule has 0 spiro atoms. The normalized spacial score (nSPS) is 16.9. The summed E-state index contributed by atoms with van der Waals surface area (Å²) in [5.74, 6) is 1.01. The Morgan fingerprint density at radius 3 is 2.88 bits per heavy atom. The number of rotatable bonds is 5. The smallest absolute Gasteiger partial charge is 0.278 e. The minimum atomic E-state index is -0.307. The van der Waals surface area contributed by atoms with Gasteiger partial charge in [0, 0.05) is 12.7 Å². The molecule has 1 unspecified atom stereocenters. The molecule has 1 N–H and O–H groups in total. The fourth-order valence-corrected chi connectivity index (χ4v) is 2.81. The summed E-state index contributed by atoms with van der Waals surface area (Å²) in [6.45, 7) is 2.12. The molecule has 1 atom stereocenters. The molecule has 0 radical (unpaired) electrons. The first-order valence-corrected chi connectivity index (χ1v) is 8.25. The molecule has 0 bridgehead atoms. The lowest BCUT2D eigenvalue weighted by molar-refractivity contribution is 0.286. The maximum absolute atomic E-state index is 12.9. The molecule has 2 aromatic heterocycles. The molecule has 7 nitrogen and oxygen atoms in total. The van der Waals surface area contributed by atoms with Gasteiger partial charge in [-0.1, -0.05) is 5.16 Å². The molecule has 138 valence electrons. The van der Waals surface area contributed by atoms with Crippen LogP contribution in [0.1, 0.15) is 24.7 Å². The van der Waals surface area contributed by atoms with E-state index in [0.717, 1.165) is 25.9 Å². The Kier molecular flexibility index (Phi) is 5.85. The highest BCUT2D eigenvalue weighted by Gasteiger charge is 2.18. The van der Waals surface area contributed by atoms with E-state index >= 15 is 0 Å². The van der Waals surface area contributed by atoms with Gasteiger partial charge in [0.2, 0.25) is 5.82 Å². The van der Waals surface area contributed by atoms with Gasteiger partial charge >= 0.3 is 0 Å². The van der Waals surface area contributed by atoms with Crippen LogP contribution in [0.2, 0.25) is 0 Å². The van der Waals surface area contributed by atoms with Crippen molar-refractivity contribution in [2.45, 2.75) is 25.5 Å². The van der Waals surface area contributed by atoms with Crippen molar-refractivity contribution in [3.05, 3.63) is 48.2 Å². The summed E-state index contributed by atoms with van der Waals surface area (Å²) in [5, 5.41) is 11.8. The van der Waals surface area contributed by atoms with Crippen LogP contribution in [0, 0.1) is 5.82 Å². The van der Waals surface area contributed by atoms with Gasteiger partial charge in [-0.3, -0.25) is 4.68 Å².